The van der Waals surface area contributed by atoms with E-state index < -0.39 is 10.1 Å². The van der Waals surface area contributed by atoms with E-state index in [1.807, 2.05) is 24.3 Å². The van der Waals surface area contributed by atoms with Crippen LogP contribution >= 0.6 is 0 Å². The third-order valence-electron chi connectivity index (χ3n) is 4.58. The highest BCUT2D eigenvalue weighted by atomic mass is 32.2. The number of benzene rings is 2. The molecule has 2 aromatic carbocycles. The number of unbranched alkanes of at least 4 members (excludes halogenated alkanes) is 7. The lowest BCUT2D eigenvalue weighted by Crippen LogP contribution is -1.98. The lowest BCUT2D eigenvalue weighted by molar-refractivity contribution is 0.471. The fourth-order valence-corrected chi connectivity index (χ4v) is 3.54. The fourth-order valence-electron chi connectivity index (χ4n) is 3.02. The maximum Gasteiger partial charge on any atom is 0.294 e. The van der Waals surface area contributed by atoms with Gasteiger partial charge in [-0.05, 0) is 42.7 Å². The van der Waals surface area contributed by atoms with Crippen molar-refractivity contribution in [2.45, 2.75) is 69.6 Å². The summed E-state index contributed by atoms with van der Waals surface area (Å²) < 4.78 is 37.2. The van der Waals surface area contributed by atoms with Crippen LogP contribution in [0.5, 0.6) is 11.5 Å². The Balaban J connectivity index is 1.75. The summed E-state index contributed by atoms with van der Waals surface area (Å²) in [5, 5.41) is 0. The van der Waals surface area contributed by atoms with Crippen LogP contribution in [0, 0.1) is 0 Å². The molecule has 1 N–H and O–H groups in total. The van der Waals surface area contributed by atoms with Crippen LogP contribution in [0.1, 0.15) is 63.9 Å². The molecule has 0 spiro atoms. The van der Waals surface area contributed by atoms with E-state index in [1.165, 1.54) is 75.1 Å². The average molecular weight is 391 g/mol. The van der Waals surface area contributed by atoms with Crippen molar-refractivity contribution < 1.29 is 17.7 Å². The van der Waals surface area contributed by atoms with Gasteiger partial charge < -0.3 is 4.74 Å². The molecule has 0 aromatic heterocycles. The minimum Gasteiger partial charge on any atom is -0.457 e. The molecule has 0 bridgehead atoms. The van der Waals surface area contributed by atoms with E-state index in [2.05, 4.69) is 6.92 Å². The Bertz CT molecular complexity index is 782. The Morgan fingerprint density at radius 2 is 1.44 bits per heavy atom. The molecule has 0 aliphatic carbocycles. The summed E-state index contributed by atoms with van der Waals surface area (Å²) in [6.07, 6.45) is 11.6. The van der Waals surface area contributed by atoms with Gasteiger partial charge in [0.25, 0.3) is 10.1 Å². The third kappa shape index (κ3) is 8.14. The fraction of sp³-hybridized carbons (Fsp3) is 0.455. The zero-order chi connectivity index (χ0) is 19.5. The highest BCUT2D eigenvalue weighted by Gasteiger charge is 2.10. The van der Waals surface area contributed by atoms with E-state index >= 15 is 0 Å². The summed E-state index contributed by atoms with van der Waals surface area (Å²) >= 11 is 0. The molecular weight excluding hydrogens is 360 g/mol. The van der Waals surface area contributed by atoms with Gasteiger partial charge in [-0.1, -0.05) is 70.1 Å². The van der Waals surface area contributed by atoms with Crippen molar-refractivity contribution in [1.29, 1.82) is 0 Å². The minimum atomic E-state index is -4.23. The Kier molecular flexibility index (Phi) is 8.82. The van der Waals surface area contributed by atoms with Crippen molar-refractivity contribution in [3.8, 4) is 11.5 Å². The molecule has 4 nitrogen and oxygen atoms in total. The van der Waals surface area contributed by atoms with E-state index in [9.17, 15) is 8.42 Å². The summed E-state index contributed by atoms with van der Waals surface area (Å²) in [5.74, 6) is 1.02. The van der Waals surface area contributed by atoms with Crippen molar-refractivity contribution in [3.63, 3.8) is 0 Å². The number of rotatable bonds is 12. The third-order valence-corrected chi connectivity index (χ3v) is 5.43. The molecule has 0 saturated carbocycles. The molecule has 0 atom stereocenters. The Morgan fingerprint density at radius 1 is 0.815 bits per heavy atom. The molecule has 0 fully saturated rings. The summed E-state index contributed by atoms with van der Waals surface area (Å²) in [6.45, 7) is 2.24. The lowest BCUT2D eigenvalue weighted by Gasteiger charge is -2.08. The molecule has 0 aliphatic rings. The Labute approximate surface area is 163 Å². The molecule has 0 unspecified atom stereocenters. The van der Waals surface area contributed by atoms with Crippen molar-refractivity contribution in [1.82, 2.24) is 0 Å². The molecule has 0 heterocycles. The molecule has 0 aliphatic heterocycles. The number of aryl methyl sites for hydroxylation is 1. The molecule has 2 rings (SSSR count). The molecule has 2 aromatic rings. The van der Waals surface area contributed by atoms with Gasteiger partial charge in [0.2, 0.25) is 0 Å². The van der Waals surface area contributed by atoms with E-state index in [-0.39, 0.29) is 4.90 Å². The Morgan fingerprint density at radius 3 is 2.07 bits per heavy atom. The SMILES string of the molecule is CCCCCCCCCCc1ccc(Oc2cccc(S(=O)(=O)O)c2)cc1. The highest BCUT2D eigenvalue weighted by molar-refractivity contribution is 7.85. The maximum absolute atomic E-state index is 11.2. The van der Waals surface area contributed by atoms with Crippen LogP contribution in [-0.2, 0) is 16.5 Å². The van der Waals surface area contributed by atoms with Crippen LogP contribution in [0.2, 0.25) is 0 Å². The molecular formula is C22H30O4S. The topological polar surface area (TPSA) is 63.6 Å². The predicted molar refractivity (Wildman–Crippen MR) is 109 cm³/mol. The summed E-state index contributed by atoms with van der Waals surface area (Å²) in [4.78, 5) is -0.175. The van der Waals surface area contributed by atoms with Crippen LogP contribution in [0.15, 0.2) is 53.4 Å². The van der Waals surface area contributed by atoms with Gasteiger partial charge in [-0.3, -0.25) is 4.55 Å². The van der Waals surface area contributed by atoms with E-state index in [1.54, 1.807) is 6.07 Å². The number of ether oxygens (including phenoxy) is 1. The van der Waals surface area contributed by atoms with Gasteiger partial charge in [0.1, 0.15) is 11.5 Å². The zero-order valence-electron chi connectivity index (χ0n) is 16.1. The molecule has 0 saturated heterocycles. The van der Waals surface area contributed by atoms with E-state index in [0.717, 1.165) is 6.42 Å². The van der Waals surface area contributed by atoms with Crippen LogP contribution < -0.4 is 4.74 Å². The normalized spacial score (nSPS) is 11.5. The first-order valence-electron chi connectivity index (χ1n) is 9.83. The highest BCUT2D eigenvalue weighted by Crippen LogP contribution is 2.24. The van der Waals surface area contributed by atoms with Gasteiger partial charge in [0.05, 0.1) is 4.90 Å². The summed E-state index contributed by atoms with van der Waals surface area (Å²) in [7, 11) is -4.23. The monoisotopic (exact) mass is 390 g/mol. The number of hydrogen-bond acceptors (Lipinski definition) is 3. The smallest absolute Gasteiger partial charge is 0.294 e. The molecule has 0 radical (unpaired) electrons. The lowest BCUT2D eigenvalue weighted by atomic mass is 10.0. The Hall–Kier alpha value is -1.85. The van der Waals surface area contributed by atoms with Gasteiger partial charge >= 0.3 is 0 Å². The van der Waals surface area contributed by atoms with Gasteiger partial charge in [0, 0.05) is 6.07 Å². The zero-order valence-corrected chi connectivity index (χ0v) is 16.9. The number of hydrogen-bond donors (Lipinski definition) is 1. The van der Waals surface area contributed by atoms with Gasteiger partial charge in [0.15, 0.2) is 0 Å². The van der Waals surface area contributed by atoms with Gasteiger partial charge in [-0.25, -0.2) is 0 Å². The maximum atomic E-state index is 11.2. The van der Waals surface area contributed by atoms with Crippen LogP contribution in [0.25, 0.3) is 0 Å². The minimum absolute atomic E-state index is 0.175. The van der Waals surface area contributed by atoms with Crippen LogP contribution in [-0.4, -0.2) is 13.0 Å². The van der Waals surface area contributed by atoms with Crippen molar-refractivity contribution in [3.05, 3.63) is 54.1 Å². The molecule has 5 heteroatoms. The second kappa shape index (κ2) is 11.1. The van der Waals surface area contributed by atoms with Crippen molar-refractivity contribution in [2.24, 2.45) is 0 Å². The predicted octanol–water partition coefficient (Wildman–Crippen LogP) is 6.41. The first kappa shape index (κ1) is 21.5. The molecule has 148 valence electrons. The standard InChI is InChI=1S/C22H30O4S/c1-2-3-4-5-6-7-8-9-11-19-14-16-20(17-15-19)26-21-12-10-13-22(18-21)27(23,24)25/h10,12-18H,2-9,11H2,1H3,(H,23,24,25). The first-order valence-corrected chi connectivity index (χ1v) is 11.3. The van der Waals surface area contributed by atoms with Crippen LogP contribution in [0.3, 0.4) is 0 Å². The average Bonchev–Trinajstić information content (AvgIpc) is 2.65. The van der Waals surface area contributed by atoms with E-state index in [0.29, 0.717) is 11.5 Å². The van der Waals surface area contributed by atoms with Gasteiger partial charge in [-0.2, -0.15) is 8.42 Å². The molecule has 27 heavy (non-hydrogen) atoms. The second-order valence-corrected chi connectivity index (χ2v) is 8.34. The van der Waals surface area contributed by atoms with E-state index in [4.69, 9.17) is 9.29 Å². The van der Waals surface area contributed by atoms with Gasteiger partial charge in [-0.15, -0.1) is 0 Å². The second-order valence-electron chi connectivity index (χ2n) is 6.92. The first-order chi connectivity index (χ1) is 13.0. The van der Waals surface area contributed by atoms with Crippen molar-refractivity contribution >= 4 is 10.1 Å². The molecule has 0 amide bonds. The summed E-state index contributed by atoms with van der Waals surface area (Å²) in [6, 6.07) is 13.7. The quantitative estimate of drug-likeness (QED) is 0.336. The summed E-state index contributed by atoms with van der Waals surface area (Å²) in [5.41, 5.74) is 1.28. The van der Waals surface area contributed by atoms with Crippen molar-refractivity contribution in [2.75, 3.05) is 0 Å². The largest absolute Gasteiger partial charge is 0.457 e. The van der Waals surface area contributed by atoms with Crippen LogP contribution in [0.4, 0.5) is 0 Å².